The summed E-state index contributed by atoms with van der Waals surface area (Å²) in [6, 6.07) is 18.3. The van der Waals surface area contributed by atoms with Crippen molar-refractivity contribution in [1.82, 2.24) is 9.55 Å². The first kappa shape index (κ1) is 17.5. The predicted octanol–water partition coefficient (Wildman–Crippen LogP) is 3.89. The average Bonchev–Trinajstić information content (AvgIpc) is 2.72. The van der Waals surface area contributed by atoms with Crippen molar-refractivity contribution >= 4 is 33.8 Å². The number of phenols is 1. The van der Waals surface area contributed by atoms with Crippen molar-refractivity contribution in [1.29, 1.82) is 0 Å². The monoisotopic (exact) mass is 370 g/mol. The molecule has 2 N–H and O–H groups in total. The van der Waals surface area contributed by atoms with E-state index in [1.807, 2.05) is 36.4 Å². The third-order valence-electron chi connectivity index (χ3n) is 4.48. The van der Waals surface area contributed by atoms with Crippen LogP contribution in [0.25, 0.3) is 21.7 Å². The van der Waals surface area contributed by atoms with Crippen LogP contribution in [0.5, 0.6) is 5.75 Å². The molecule has 1 heterocycles. The van der Waals surface area contributed by atoms with E-state index in [-0.39, 0.29) is 11.3 Å². The first-order valence-corrected chi connectivity index (χ1v) is 8.79. The normalized spacial score (nSPS) is 11.3. The molecule has 0 saturated heterocycles. The fourth-order valence-electron chi connectivity index (χ4n) is 3.13. The van der Waals surface area contributed by atoms with Gasteiger partial charge in [0, 0.05) is 12.1 Å². The summed E-state index contributed by atoms with van der Waals surface area (Å²) >= 11 is 0. The van der Waals surface area contributed by atoms with E-state index in [1.165, 1.54) is 10.8 Å². The summed E-state index contributed by atoms with van der Waals surface area (Å²) < 4.78 is 1.47. The Bertz CT molecular complexity index is 1270. The molecule has 0 bridgehead atoms. The molecule has 28 heavy (non-hydrogen) atoms. The second kappa shape index (κ2) is 7.36. The van der Waals surface area contributed by atoms with Crippen molar-refractivity contribution in [3.63, 3.8) is 0 Å². The van der Waals surface area contributed by atoms with E-state index >= 15 is 0 Å². The Balaban J connectivity index is 1.75. The first-order chi connectivity index (χ1) is 13.7. The van der Waals surface area contributed by atoms with Gasteiger partial charge in [-0.05, 0) is 29.0 Å². The molecule has 6 nitrogen and oxygen atoms in total. The molecule has 0 unspecified atom stereocenters. The van der Waals surface area contributed by atoms with E-state index in [0.717, 1.165) is 10.8 Å². The van der Waals surface area contributed by atoms with Gasteiger partial charge < -0.3 is 5.11 Å². The fourth-order valence-corrected chi connectivity index (χ4v) is 3.13. The molecular formula is C22H18N4O2. The number of hydrazone groups is 1. The molecule has 138 valence electrons. The van der Waals surface area contributed by atoms with Gasteiger partial charge in [-0.15, -0.1) is 6.58 Å². The van der Waals surface area contributed by atoms with Gasteiger partial charge in [-0.1, -0.05) is 48.5 Å². The van der Waals surface area contributed by atoms with Crippen LogP contribution in [0.1, 0.15) is 5.56 Å². The maximum atomic E-state index is 12.7. The summed E-state index contributed by atoms with van der Waals surface area (Å²) in [4.78, 5) is 17.2. The van der Waals surface area contributed by atoms with Crippen LogP contribution >= 0.6 is 0 Å². The lowest BCUT2D eigenvalue weighted by molar-refractivity contribution is 0.475. The summed E-state index contributed by atoms with van der Waals surface area (Å²) in [6.45, 7) is 4.00. The van der Waals surface area contributed by atoms with E-state index in [9.17, 15) is 9.90 Å². The highest BCUT2D eigenvalue weighted by molar-refractivity contribution is 6.02. The molecule has 3 aromatic carbocycles. The van der Waals surface area contributed by atoms with E-state index in [4.69, 9.17) is 0 Å². The zero-order chi connectivity index (χ0) is 19.5. The van der Waals surface area contributed by atoms with Gasteiger partial charge in [0.15, 0.2) is 0 Å². The third kappa shape index (κ3) is 3.12. The SMILES string of the molecule is C=CCn1c(N/N=C/c2c(O)ccc3ccccc23)nc2ccccc2c1=O. The van der Waals surface area contributed by atoms with Gasteiger partial charge in [-0.3, -0.25) is 9.36 Å². The molecule has 0 aliphatic carbocycles. The molecule has 0 fully saturated rings. The lowest BCUT2D eigenvalue weighted by atomic mass is 10.0. The van der Waals surface area contributed by atoms with Gasteiger partial charge in [0.2, 0.25) is 5.95 Å². The first-order valence-electron chi connectivity index (χ1n) is 8.79. The minimum Gasteiger partial charge on any atom is -0.507 e. The molecule has 0 aliphatic heterocycles. The molecule has 4 rings (SSSR count). The van der Waals surface area contributed by atoms with Crippen LogP contribution in [0.2, 0.25) is 0 Å². The van der Waals surface area contributed by atoms with Crippen molar-refractivity contribution in [3.8, 4) is 5.75 Å². The molecule has 6 heteroatoms. The van der Waals surface area contributed by atoms with Gasteiger partial charge in [0.1, 0.15) is 5.75 Å². The maximum Gasteiger partial charge on any atom is 0.263 e. The number of rotatable bonds is 5. The number of anilines is 1. The van der Waals surface area contributed by atoms with Crippen molar-refractivity contribution in [2.45, 2.75) is 6.54 Å². The number of hydrogen-bond acceptors (Lipinski definition) is 5. The van der Waals surface area contributed by atoms with Crippen molar-refractivity contribution in [2.24, 2.45) is 5.10 Å². The van der Waals surface area contributed by atoms with E-state index in [2.05, 4.69) is 22.1 Å². The van der Waals surface area contributed by atoms with Crippen molar-refractivity contribution in [2.75, 3.05) is 5.43 Å². The fraction of sp³-hybridized carbons (Fsp3) is 0.0455. The van der Waals surface area contributed by atoms with Gasteiger partial charge >= 0.3 is 0 Å². The molecule has 0 radical (unpaired) electrons. The summed E-state index contributed by atoms with van der Waals surface area (Å²) in [5, 5.41) is 16.9. The highest BCUT2D eigenvalue weighted by atomic mass is 16.3. The highest BCUT2D eigenvalue weighted by Gasteiger charge is 2.09. The molecule has 0 atom stereocenters. The molecule has 4 aromatic rings. The number of aromatic hydroxyl groups is 1. The minimum atomic E-state index is -0.170. The Hall–Kier alpha value is -3.93. The minimum absolute atomic E-state index is 0.124. The number of hydrogen-bond donors (Lipinski definition) is 2. The highest BCUT2D eigenvalue weighted by Crippen LogP contribution is 2.25. The number of aromatic nitrogens is 2. The molecule has 0 saturated carbocycles. The molecule has 0 amide bonds. The lowest BCUT2D eigenvalue weighted by Gasteiger charge is -2.11. The molecule has 1 aromatic heterocycles. The van der Waals surface area contributed by atoms with Gasteiger partial charge in [0.25, 0.3) is 5.56 Å². The van der Waals surface area contributed by atoms with E-state index in [1.54, 1.807) is 30.3 Å². The standard InChI is InChI=1S/C22H18N4O2/c1-2-13-26-21(28)17-9-5-6-10-19(17)24-22(26)25-23-14-18-16-8-4-3-7-15(16)11-12-20(18)27/h2-12,14,27H,1,13H2,(H,24,25)/b23-14+. The van der Waals surface area contributed by atoms with E-state index < -0.39 is 0 Å². The maximum absolute atomic E-state index is 12.7. The quantitative estimate of drug-likeness (QED) is 0.317. The predicted molar refractivity (Wildman–Crippen MR) is 113 cm³/mol. The summed E-state index contributed by atoms with van der Waals surface area (Å²) in [5.74, 6) is 0.429. The molecular weight excluding hydrogens is 352 g/mol. The topological polar surface area (TPSA) is 79.5 Å². The van der Waals surface area contributed by atoms with Gasteiger partial charge in [-0.25, -0.2) is 10.4 Å². The lowest BCUT2D eigenvalue weighted by Crippen LogP contribution is -2.23. The number of phenolic OH excluding ortho intramolecular Hbond substituents is 1. The van der Waals surface area contributed by atoms with Crippen LogP contribution in [0.15, 0.2) is 83.2 Å². The van der Waals surface area contributed by atoms with Crippen LogP contribution in [0, 0.1) is 0 Å². The summed E-state index contributed by atoms with van der Waals surface area (Å²) in [6.07, 6.45) is 3.15. The Labute approximate surface area is 161 Å². The Morgan fingerprint density at radius 2 is 1.82 bits per heavy atom. The Morgan fingerprint density at radius 3 is 2.64 bits per heavy atom. The summed E-state index contributed by atoms with van der Waals surface area (Å²) in [7, 11) is 0. The number of nitrogens with one attached hydrogen (secondary N) is 1. The number of para-hydroxylation sites is 1. The zero-order valence-corrected chi connectivity index (χ0v) is 15.0. The van der Waals surface area contributed by atoms with Crippen molar-refractivity contribution < 1.29 is 5.11 Å². The van der Waals surface area contributed by atoms with Crippen LogP contribution in [0.3, 0.4) is 0 Å². The van der Waals surface area contributed by atoms with Crippen LogP contribution in [-0.2, 0) is 6.54 Å². The van der Waals surface area contributed by atoms with Gasteiger partial charge in [-0.2, -0.15) is 5.10 Å². The Kier molecular flexibility index (Phi) is 4.60. The number of fused-ring (bicyclic) bond motifs is 2. The Morgan fingerprint density at radius 1 is 1.07 bits per heavy atom. The number of allylic oxidation sites excluding steroid dienone is 1. The summed E-state index contributed by atoms with van der Waals surface area (Å²) in [5.41, 5.74) is 3.83. The van der Waals surface area contributed by atoms with Gasteiger partial charge in [0.05, 0.1) is 17.1 Å². The number of benzene rings is 3. The zero-order valence-electron chi connectivity index (χ0n) is 15.0. The van der Waals surface area contributed by atoms with Crippen LogP contribution in [0.4, 0.5) is 5.95 Å². The smallest absolute Gasteiger partial charge is 0.263 e. The van der Waals surface area contributed by atoms with Crippen LogP contribution < -0.4 is 11.0 Å². The van der Waals surface area contributed by atoms with Crippen LogP contribution in [-0.4, -0.2) is 20.9 Å². The van der Waals surface area contributed by atoms with Crippen molar-refractivity contribution in [3.05, 3.63) is 89.2 Å². The molecule has 0 spiro atoms. The number of nitrogens with zero attached hydrogens (tertiary/aromatic N) is 3. The average molecular weight is 370 g/mol. The largest absolute Gasteiger partial charge is 0.507 e. The molecule has 0 aliphatic rings. The van der Waals surface area contributed by atoms with E-state index in [0.29, 0.717) is 29.0 Å². The second-order valence-corrected chi connectivity index (χ2v) is 6.25. The second-order valence-electron chi connectivity index (χ2n) is 6.25. The third-order valence-corrected chi connectivity index (χ3v) is 4.48.